The van der Waals surface area contributed by atoms with Crippen LogP contribution in [0.25, 0.3) is 0 Å². The van der Waals surface area contributed by atoms with Gasteiger partial charge in [-0.3, -0.25) is 4.79 Å². The number of hydrogen-bond donors (Lipinski definition) is 1. The quantitative estimate of drug-likeness (QED) is 0.457. The highest BCUT2D eigenvalue weighted by Crippen LogP contribution is 2.28. The molecule has 4 nitrogen and oxygen atoms in total. The molecule has 0 aromatic carbocycles. The van der Waals surface area contributed by atoms with Gasteiger partial charge in [0.2, 0.25) is 5.52 Å². The van der Waals surface area contributed by atoms with E-state index in [-0.39, 0.29) is 0 Å². The second-order valence-corrected chi connectivity index (χ2v) is 2.71. The van der Waals surface area contributed by atoms with Crippen LogP contribution in [0.15, 0.2) is 0 Å². The molecule has 0 rings (SSSR count). The first-order valence-corrected chi connectivity index (χ1v) is 3.07. The van der Waals surface area contributed by atoms with Crippen molar-refractivity contribution in [3.05, 3.63) is 0 Å². The van der Waals surface area contributed by atoms with E-state index in [2.05, 4.69) is 0 Å². The number of hydrogen-bond acceptors (Lipinski definition) is 3. The third-order valence-electron chi connectivity index (χ3n) is 0.398. The maximum Gasteiger partial charge on any atom is 0.200 e. The zero-order chi connectivity index (χ0) is 6.08. The van der Waals surface area contributed by atoms with Gasteiger partial charge in [0.1, 0.15) is 0 Å². The van der Waals surface area contributed by atoms with Gasteiger partial charge < -0.3 is 14.4 Å². The van der Waals surface area contributed by atoms with Gasteiger partial charge in [0.25, 0.3) is 0 Å². The minimum Gasteiger partial charge on any atom is -0.773 e. The molecule has 5 heteroatoms. The molecule has 0 aliphatic heterocycles. The van der Waals surface area contributed by atoms with Crippen molar-refractivity contribution in [2.45, 2.75) is 6.92 Å². The molecule has 1 atom stereocenters. The molecule has 7 heavy (non-hydrogen) atoms. The van der Waals surface area contributed by atoms with Crippen LogP contribution in [0.4, 0.5) is 0 Å². The standard InChI is InChI=1S/C2H5O4P/c1-2(3)7(4,5)6/h1H3,(H2,4,5,6)/p-1. The summed E-state index contributed by atoms with van der Waals surface area (Å²) in [5.74, 6) is 0. The molecule has 0 saturated heterocycles. The van der Waals surface area contributed by atoms with E-state index in [1.807, 2.05) is 0 Å². The average molecular weight is 123 g/mol. The van der Waals surface area contributed by atoms with Crippen LogP contribution in [-0.4, -0.2) is 10.4 Å². The Kier molecular flexibility index (Phi) is 1.69. The smallest absolute Gasteiger partial charge is 0.200 e. The Balaban J connectivity index is 4.09. The third kappa shape index (κ3) is 2.51. The van der Waals surface area contributed by atoms with E-state index in [1.165, 1.54) is 0 Å². The van der Waals surface area contributed by atoms with Crippen molar-refractivity contribution in [1.82, 2.24) is 0 Å². The first-order chi connectivity index (χ1) is 2.94. The molecule has 1 unspecified atom stereocenters. The zero-order valence-corrected chi connectivity index (χ0v) is 4.51. The number of carbonyl (C=O) groups excluding carboxylic acids is 1. The molecule has 0 amide bonds. The SMILES string of the molecule is CC(=O)P(=O)([O-])O. The zero-order valence-electron chi connectivity index (χ0n) is 3.62. The maximum atomic E-state index is 9.64. The Bertz CT molecular complexity index is 122. The van der Waals surface area contributed by atoms with Gasteiger partial charge in [-0.25, -0.2) is 0 Å². The van der Waals surface area contributed by atoms with Crippen LogP contribution < -0.4 is 4.89 Å². The van der Waals surface area contributed by atoms with Crippen molar-refractivity contribution in [3.8, 4) is 0 Å². The van der Waals surface area contributed by atoms with Gasteiger partial charge in [-0.1, -0.05) is 0 Å². The van der Waals surface area contributed by atoms with E-state index in [0.29, 0.717) is 0 Å². The summed E-state index contributed by atoms with van der Waals surface area (Å²) in [5, 5.41) is 0. The monoisotopic (exact) mass is 123 g/mol. The summed E-state index contributed by atoms with van der Waals surface area (Å²) in [5.41, 5.74) is -1.20. The Morgan fingerprint density at radius 2 is 2.00 bits per heavy atom. The van der Waals surface area contributed by atoms with Gasteiger partial charge in [0, 0.05) is 6.92 Å². The van der Waals surface area contributed by atoms with Crippen molar-refractivity contribution in [2.24, 2.45) is 0 Å². The van der Waals surface area contributed by atoms with E-state index in [1.54, 1.807) is 0 Å². The van der Waals surface area contributed by atoms with Crippen LogP contribution in [0.3, 0.4) is 0 Å². The van der Waals surface area contributed by atoms with E-state index >= 15 is 0 Å². The van der Waals surface area contributed by atoms with E-state index in [9.17, 15) is 14.3 Å². The predicted molar refractivity (Wildman–Crippen MR) is 20.5 cm³/mol. The van der Waals surface area contributed by atoms with Crippen LogP contribution in [0, 0.1) is 0 Å². The Labute approximate surface area is 40.3 Å². The summed E-state index contributed by atoms with van der Waals surface area (Å²) in [4.78, 5) is 26.9. The van der Waals surface area contributed by atoms with Crippen molar-refractivity contribution in [1.29, 1.82) is 0 Å². The molecular formula is C2H4O4P-. The van der Waals surface area contributed by atoms with E-state index < -0.39 is 13.1 Å². The van der Waals surface area contributed by atoms with Crippen LogP contribution in [0.1, 0.15) is 6.92 Å². The van der Waals surface area contributed by atoms with Gasteiger partial charge in [-0.05, 0) is 0 Å². The van der Waals surface area contributed by atoms with Crippen LogP contribution >= 0.6 is 7.60 Å². The Morgan fingerprint density at radius 1 is 1.86 bits per heavy atom. The molecule has 0 saturated carbocycles. The molecule has 0 aromatic heterocycles. The van der Waals surface area contributed by atoms with Crippen molar-refractivity contribution >= 4 is 13.1 Å². The highest BCUT2D eigenvalue weighted by Gasteiger charge is 2.05. The number of carbonyl (C=O) groups is 1. The fourth-order valence-electron chi connectivity index (χ4n) is 0. The van der Waals surface area contributed by atoms with E-state index in [4.69, 9.17) is 4.89 Å². The normalized spacial score (nSPS) is 18.1. The molecule has 1 N–H and O–H groups in total. The fourth-order valence-corrected chi connectivity index (χ4v) is 0. The Hall–Kier alpha value is -0.180. The predicted octanol–water partition coefficient (Wildman–Crippen LogP) is -0.921. The molecule has 0 fully saturated rings. The fraction of sp³-hybridized carbons (Fsp3) is 0.500. The lowest BCUT2D eigenvalue weighted by molar-refractivity contribution is -0.195. The highest BCUT2D eigenvalue weighted by molar-refractivity contribution is 7.68. The molecule has 0 spiro atoms. The van der Waals surface area contributed by atoms with Crippen LogP contribution in [0.5, 0.6) is 0 Å². The maximum absolute atomic E-state index is 9.64. The third-order valence-corrected chi connectivity index (χ3v) is 1.19. The molecule has 0 aliphatic carbocycles. The molecular weight excluding hydrogens is 119 g/mol. The second kappa shape index (κ2) is 1.74. The molecule has 0 aromatic rings. The first kappa shape index (κ1) is 6.82. The topological polar surface area (TPSA) is 77.4 Å². The molecule has 0 aliphatic rings. The van der Waals surface area contributed by atoms with Gasteiger partial charge >= 0.3 is 0 Å². The summed E-state index contributed by atoms with van der Waals surface area (Å²) in [6.07, 6.45) is 0. The summed E-state index contributed by atoms with van der Waals surface area (Å²) < 4.78 is 9.56. The summed E-state index contributed by atoms with van der Waals surface area (Å²) in [6.45, 7) is 0.785. The summed E-state index contributed by atoms with van der Waals surface area (Å²) in [6, 6.07) is 0. The van der Waals surface area contributed by atoms with Crippen molar-refractivity contribution in [2.75, 3.05) is 0 Å². The molecule has 0 heterocycles. The molecule has 0 radical (unpaired) electrons. The van der Waals surface area contributed by atoms with Gasteiger partial charge in [0.15, 0.2) is 7.60 Å². The lowest BCUT2D eigenvalue weighted by Gasteiger charge is -2.08. The van der Waals surface area contributed by atoms with Crippen molar-refractivity contribution < 1.29 is 19.1 Å². The minimum atomic E-state index is -4.63. The van der Waals surface area contributed by atoms with Gasteiger partial charge in [-0.15, -0.1) is 0 Å². The lowest BCUT2D eigenvalue weighted by Crippen LogP contribution is -2.06. The summed E-state index contributed by atoms with van der Waals surface area (Å²) >= 11 is 0. The molecule has 0 bridgehead atoms. The average Bonchev–Trinajstić information content (AvgIpc) is 1.31. The first-order valence-electron chi connectivity index (χ1n) is 1.49. The lowest BCUT2D eigenvalue weighted by atomic mass is 10.9. The van der Waals surface area contributed by atoms with Crippen LogP contribution in [0.2, 0.25) is 0 Å². The molecule has 42 valence electrons. The second-order valence-electron chi connectivity index (χ2n) is 1.04. The highest BCUT2D eigenvalue weighted by atomic mass is 31.2. The van der Waals surface area contributed by atoms with E-state index in [0.717, 1.165) is 6.92 Å². The summed E-state index contributed by atoms with van der Waals surface area (Å²) in [7, 11) is -4.63. The minimum absolute atomic E-state index is 0.785. The van der Waals surface area contributed by atoms with Crippen LogP contribution in [-0.2, 0) is 9.36 Å². The van der Waals surface area contributed by atoms with Gasteiger partial charge in [0.05, 0.1) is 0 Å². The van der Waals surface area contributed by atoms with Gasteiger partial charge in [-0.2, -0.15) is 0 Å². The van der Waals surface area contributed by atoms with Crippen molar-refractivity contribution in [3.63, 3.8) is 0 Å². The number of rotatable bonds is 1. The Morgan fingerprint density at radius 3 is 2.00 bits per heavy atom. The largest absolute Gasteiger partial charge is 0.773 e.